The van der Waals surface area contributed by atoms with Crippen LogP contribution in [-0.4, -0.2) is 14.5 Å². The van der Waals surface area contributed by atoms with Crippen molar-refractivity contribution in [1.29, 1.82) is 0 Å². The van der Waals surface area contributed by atoms with Gasteiger partial charge in [0.05, 0.1) is 11.0 Å². The topological polar surface area (TPSA) is 37.5 Å². The lowest BCUT2D eigenvalue weighted by Gasteiger charge is -2.02. The lowest BCUT2D eigenvalue weighted by molar-refractivity contribution is 0.475. The number of phenolic OH excluding ortho intramolecular Hbond substituents is 1. The number of nitrogens with zero attached hydrogens (tertiary/aromatic N) is 2. The molecule has 1 N–H and O–H groups in total. The van der Waals surface area contributed by atoms with E-state index in [2.05, 4.69) is 15.5 Å². The van der Waals surface area contributed by atoms with Crippen LogP contribution in [0.4, 0.5) is 4.39 Å². The molecule has 0 saturated heterocycles. The number of hydrogen-bond acceptors (Lipinski definition) is 2. The van der Waals surface area contributed by atoms with Gasteiger partial charge in [-0.25, -0.2) is 9.37 Å². The van der Waals surface area contributed by atoms with E-state index in [9.17, 15) is 9.50 Å². The summed E-state index contributed by atoms with van der Waals surface area (Å²) in [6.45, 7) is 0. The summed E-state index contributed by atoms with van der Waals surface area (Å²) in [6, 6.07) is 17.9. The first-order valence-electron chi connectivity index (χ1n) is 7.34. The summed E-state index contributed by atoms with van der Waals surface area (Å²) in [5.41, 5.74) is 3.74. The first-order chi connectivity index (χ1) is 11.2. The van der Waals surface area contributed by atoms with Crippen LogP contribution in [0.25, 0.3) is 38.7 Å². The molecule has 0 aliphatic heterocycles. The average molecular weight is 302 g/mol. The van der Waals surface area contributed by atoms with Crippen molar-refractivity contribution in [3.05, 3.63) is 66.5 Å². The van der Waals surface area contributed by atoms with E-state index >= 15 is 0 Å². The maximum absolute atomic E-state index is 13.7. The molecule has 0 radical (unpaired) electrons. The average Bonchev–Trinajstić information content (AvgIpc) is 3.11. The highest BCUT2D eigenvalue weighted by Gasteiger charge is 2.20. The van der Waals surface area contributed by atoms with Gasteiger partial charge in [-0.2, -0.15) is 0 Å². The van der Waals surface area contributed by atoms with Crippen LogP contribution in [-0.2, 0) is 0 Å². The molecule has 3 heterocycles. The number of hydrogen-bond donors (Lipinski definition) is 1. The highest BCUT2D eigenvalue weighted by atomic mass is 19.1. The van der Waals surface area contributed by atoms with Gasteiger partial charge in [-0.3, -0.25) is 4.40 Å². The second kappa shape index (κ2) is 4.20. The van der Waals surface area contributed by atoms with Crippen molar-refractivity contribution in [2.45, 2.75) is 0 Å². The predicted octanol–water partition coefficient (Wildman–Crippen LogP) is 4.59. The molecule has 0 spiro atoms. The van der Waals surface area contributed by atoms with Crippen LogP contribution in [0.3, 0.4) is 0 Å². The molecule has 0 bridgehead atoms. The lowest BCUT2D eigenvalue weighted by atomic mass is 10.1. The number of phenols is 1. The van der Waals surface area contributed by atoms with Crippen LogP contribution < -0.4 is 0 Å². The minimum Gasteiger partial charge on any atom is -0.507 e. The highest BCUT2D eigenvalue weighted by molar-refractivity contribution is 6.13. The zero-order valence-electron chi connectivity index (χ0n) is 12.0. The quantitative estimate of drug-likeness (QED) is 0.492. The Morgan fingerprint density at radius 2 is 1.74 bits per heavy atom. The van der Waals surface area contributed by atoms with E-state index in [-0.39, 0.29) is 5.75 Å². The highest BCUT2D eigenvalue weighted by Crippen LogP contribution is 2.39. The fourth-order valence-corrected chi connectivity index (χ4v) is 3.35. The summed E-state index contributed by atoms with van der Waals surface area (Å²) < 4.78 is 15.7. The summed E-state index contributed by atoms with van der Waals surface area (Å²) in [4.78, 5) is 4.63. The number of pyridine rings is 1. The smallest absolute Gasteiger partial charge is 0.138 e. The monoisotopic (exact) mass is 302 g/mol. The van der Waals surface area contributed by atoms with Crippen LogP contribution in [0.2, 0.25) is 0 Å². The van der Waals surface area contributed by atoms with E-state index in [4.69, 9.17) is 0 Å². The van der Waals surface area contributed by atoms with Gasteiger partial charge in [0.25, 0.3) is 0 Å². The Balaban J connectivity index is 2.04. The molecular formula is C19H11FN2O. The number of imidazole rings is 1. The Labute approximate surface area is 130 Å². The Morgan fingerprint density at radius 3 is 2.61 bits per heavy atom. The van der Waals surface area contributed by atoms with E-state index in [1.54, 1.807) is 0 Å². The predicted molar refractivity (Wildman–Crippen MR) is 88.4 cm³/mol. The fraction of sp³-hybridized carbons (Fsp3) is 0. The van der Waals surface area contributed by atoms with E-state index in [0.717, 1.165) is 27.5 Å². The van der Waals surface area contributed by atoms with Crippen molar-refractivity contribution in [2.75, 3.05) is 0 Å². The summed E-state index contributed by atoms with van der Waals surface area (Å²) in [5, 5.41) is 12.3. The minimum atomic E-state index is -0.395. The molecule has 0 fully saturated rings. The van der Waals surface area contributed by atoms with Crippen LogP contribution in [0.1, 0.15) is 0 Å². The molecule has 0 aliphatic carbocycles. The molecule has 0 amide bonds. The Bertz CT molecular complexity index is 1190. The maximum Gasteiger partial charge on any atom is 0.138 e. The molecule has 3 nitrogen and oxygen atoms in total. The van der Waals surface area contributed by atoms with Crippen LogP contribution in [0.15, 0.2) is 60.7 Å². The van der Waals surface area contributed by atoms with Gasteiger partial charge < -0.3 is 5.11 Å². The molecule has 4 heteroatoms. The molecule has 2 aromatic carbocycles. The fourth-order valence-electron chi connectivity index (χ4n) is 3.35. The van der Waals surface area contributed by atoms with Crippen LogP contribution in [0, 0.1) is 5.82 Å². The Hall–Kier alpha value is -3.14. The van der Waals surface area contributed by atoms with Gasteiger partial charge in [0, 0.05) is 16.3 Å². The molecule has 110 valence electrons. The number of aromatic hydroxyl groups is 1. The Kier molecular flexibility index (Phi) is 2.26. The first kappa shape index (κ1) is 12.4. The van der Waals surface area contributed by atoms with Crippen LogP contribution >= 0.6 is 0 Å². The van der Waals surface area contributed by atoms with Gasteiger partial charge in [-0.1, -0.05) is 30.3 Å². The number of rotatable bonds is 1. The van der Waals surface area contributed by atoms with Crippen molar-refractivity contribution in [3.8, 4) is 17.0 Å². The van der Waals surface area contributed by atoms with E-state index in [0.29, 0.717) is 11.3 Å². The van der Waals surface area contributed by atoms with E-state index in [1.807, 2.05) is 36.4 Å². The van der Waals surface area contributed by atoms with Crippen molar-refractivity contribution < 1.29 is 9.50 Å². The van der Waals surface area contributed by atoms with E-state index < -0.39 is 5.82 Å². The van der Waals surface area contributed by atoms with E-state index in [1.165, 1.54) is 18.2 Å². The molecule has 5 aromatic rings. The largest absolute Gasteiger partial charge is 0.507 e. The van der Waals surface area contributed by atoms with Crippen molar-refractivity contribution in [1.82, 2.24) is 9.38 Å². The summed E-state index contributed by atoms with van der Waals surface area (Å²) in [5.74, 6) is -0.370. The third-order valence-electron chi connectivity index (χ3n) is 4.32. The second-order valence-corrected chi connectivity index (χ2v) is 5.62. The Morgan fingerprint density at radius 1 is 0.913 bits per heavy atom. The molecule has 23 heavy (non-hydrogen) atoms. The van der Waals surface area contributed by atoms with Crippen LogP contribution in [0.5, 0.6) is 5.75 Å². The third-order valence-corrected chi connectivity index (χ3v) is 4.32. The third kappa shape index (κ3) is 1.55. The van der Waals surface area contributed by atoms with Crippen molar-refractivity contribution in [3.63, 3.8) is 0 Å². The van der Waals surface area contributed by atoms with Gasteiger partial charge in [0.2, 0.25) is 0 Å². The summed E-state index contributed by atoms with van der Waals surface area (Å²) >= 11 is 0. The summed E-state index contributed by atoms with van der Waals surface area (Å²) in [7, 11) is 0. The molecule has 5 rings (SSSR count). The van der Waals surface area contributed by atoms with Gasteiger partial charge in [-0.05, 0) is 30.3 Å². The lowest BCUT2D eigenvalue weighted by Crippen LogP contribution is -1.83. The maximum atomic E-state index is 13.7. The molecule has 0 aliphatic rings. The van der Waals surface area contributed by atoms with Gasteiger partial charge >= 0.3 is 0 Å². The zero-order valence-corrected chi connectivity index (χ0v) is 12.0. The minimum absolute atomic E-state index is 0.0250. The molecule has 0 unspecified atom stereocenters. The normalized spacial score (nSPS) is 11.9. The molecular weight excluding hydrogens is 291 g/mol. The first-order valence-corrected chi connectivity index (χ1v) is 7.34. The van der Waals surface area contributed by atoms with Crippen molar-refractivity contribution in [2.24, 2.45) is 0 Å². The second-order valence-electron chi connectivity index (χ2n) is 5.62. The van der Waals surface area contributed by atoms with Gasteiger partial charge in [0.1, 0.15) is 22.9 Å². The molecule has 3 aromatic heterocycles. The summed E-state index contributed by atoms with van der Waals surface area (Å²) in [6.07, 6.45) is 0. The van der Waals surface area contributed by atoms with Gasteiger partial charge in [0.15, 0.2) is 0 Å². The standard InChI is InChI=1S/C19H11FN2O/c20-11-8-9-16(23)14(10-11)18-19-13-5-2-1-4-12(13)15-6-3-7-17(21-18)22(15)19/h1-10,23H. The number of aromatic nitrogens is 2. The molecule has 0 saturated carbocycles. The molecule has 0 atom stereocenters. The number of benzene rings is 2. The zero-order chi connectivity index (χ0) is 15.6. The number of fused-ring (bicyclic) bond motifs is 3. The SMILES string of the molecule is Oc1ccc(F)cc1-c1nc2cccc3c4ccccc4c1n23. The number of halogens is 1. The van der Waals surface area contributed by atoms with Gasteiger partial charge in [-0.15, -0.1) is 0 Å². The van der Waals surface area contributed by atoms with Crippen molar-refractivity contribution >= 4 is 27.5 Å².